The van der Waals surface area contributed by atoms with E-state index in [1.807, 2.05) is 6.92 Å². The van der Waals surface area contributed by atoms with Gasteiger partial charge in [0.15, 0.2) is 0 Å². The summed E-state index contributed by atoms with van der Waals surface area (Å²) in [6, 6.07) is 4.67. The Bertz CT molecular complexity index is 516. The average Bonchev–Trinajstić information content (AvgIpc) is 2.83. The second-order valence-electron chi connectivity index (χ2n) is 4.73. The molecule has 2 rings (SSSR count). The Balaban J connectivity index is 2.41. The number of benzene rings is 1. The Morgan fingerprint density at radius 1 is 1.53 bits per heavy atom. The summed E-state index contributed by atoms with van der Waals surface area (Å²) in [5.41, 5.74) is 0.717. The lowest BCUT2D eigenvalue weighted by atomic mass is 10.1. The summed E-state index contributed by atoms with van der Waals surface area (Å²) < 4.78 is 0. The lowest BCUT2D eigenvalue weighted by Crippen LogP contribution is -2.34. The molecule has 6 heteroatoms. The van der Waals surface area contributed by atoms with Crippen LogP contribution in [0, 0.1) is 10.1 Å². The van der Waals surface area contributed by atoms with Crippen molar-refractivity contribution in [3.8, 4) is 0 Å². The smallest absolute Gasteiger partial charge is 0.282 e. The van der Waals surface area contributed by atoms with E-state index < -0.39 is 4.92 Å². The van der Waals surface area contributed by atoms with Crippen molar-refractivity contribution in [1.29, 1.82) is 0 Å². The molecule has 0 aliphatic carbocycles. The van der Waals surface area contributed by atoms with Gasteiger partial charge in [-0.25, -0.2) is 0 Å². The third-order valence-corrected chi connectivity index (χ3v) is 3.53. The first-order valence-corrected chi connectivity index (χ1v) is 6.31. The number of nitrogens with one attached hydrogen (secondary N) is 1. The van der Waals surface area contributed by atoms with Gasteiger partial charge in [0.1, 0.15) is 5.56 Å². The number of carbonyl (C=O) groups is 1. The van der Waals surface area contributed by atoms with Gasteiger partial charge in [-0.3, -0.25) is 14.9 Å². The molecular weight excluding hydrogens is 246 g/mol. The molecule has 0 bridgehead atoms. The Morgan fingerprint density at radius 2 is 2.26 bits per heavy atom. The average molecular weight is 263 g/mol. The molecule has 1 amide bonds. The topological polar surface area (TPSA) is 75.5 Å². The molecule has 1 aromatic rings. The number of carbonyl (C=O) groups excluding carboxylic acids is 1. The van der Waals surface area contributed by atoms with Crippen LogP contribution in [0.1, 0.15) is 30.1 Å². The predicted octanol–water partition coefficient (Wildman–Crippen LogP) is 2.26. The molecule has 1 aliphatic heterocycles. The molecule has 1 saturated heterocycles. The number of nitro benzene ring substituents is 1. The van der Waals surface area contributed by atoms with Crippen LogP contribution in [0.5, 0.6) is 0 Å². The molecule has 1 atom stereocenters. The van der Waals surface area contributed by atoms with E-state index in [1.165, 1.54) is 6.07 Å². The minimum absolute atomic E-state index is 0.136. The van der Waals surface area contributed by atoms with Crippen LogP contribution in [-0.4, -0.2) is 35.4 Å². The van der Waals surface area contributed by atoms with E-state index in [9.17, 15) is 14.9 Å². The highest BCUT2D eigenvalue weighted by Crippen LogP contribution is 2.27. The zero-order valence-corrected chi connectivity index (χ0v) is 11.0. The monoisotopic (exact) mass is 263 g/mol. The van der Waals surface area contributed by atoms with Crippen LogP contribution >= 0.6 is 0 Å². The normalized spacial score (nSPS) is 18.4. The molecule has 19 heavy (non-hydrogen) atoms. The van der Waals surface area contributed by atoms with Crippen molar-refractivity contribution in [3.63, 3.8) is 0 Å². The first-order chi connectivity index (χ1) is 9.04. The minimum atomic E-state index is -0.507. The van der Waals surface area contributed by atoms with E-state index in [-0.39, 0.29) is 23.2 Å². The number of likely N-dealkylation sites (tertiary alicyclic amines) is 1. The number of amides is 1. The van der Waals surface area contributed by atoms with Crippen LogP contribution < -0.4 is 5.32 Å². The van der Waals surface area contributed by atoms with E-state index in [4.69, 9.17) is 0 Å². The van der Waals surface area contributed by atoms with E-state index in [2.05, 4.69) is 5.32 Å². The summed E-state index contributed by atoms with van der Waals surface area (Å²) in [4.78, 5) is 24.7. The third-order valence-electron chi connectivity index (χ3n) is 3.53. The first kappa shape index (κ1) is 13.3. The number of anilines is 1. The Kier molecular flexibility index (Phi) is 3.69. The lowest BCUT2D eigenvalue weighted by molar-refractivity contribution is -0.385. The van der Waals surface area contributed by atoms with Crippen molar-refractivity contribution < 1.29 is 9.72 Å². The van der Waals surface area contributed by atoms with Gasteiger partial charge in [-0.2, -0.15) is 0 Å². The Labute approximate surface area is 111 Å². The van der Waals surface area contributed by atoms with Crippen LogP contribution in [0.15, 0.2) is 18.2 Å². The van der Waals surface area contributed by atoms with E-state index in [1.54, 1.807) is 24.1 Å². The zero-order valence-electron chi connectivity index (χ0n) is 11.0. The quantitative estimate of drug-likeness (QED) is 0.670. The highest BCUT2D eigenvalue weighted by Gasteiger charge is 2.30. The molecule has 102 valence electrons. The first-order valence-electron chi connectivity index (χ1n) is 6.31. The summed E-state index contributed by atoms with van der Waals surface area (Å²) in [6.07, 6.45) is 1.90. The van der Waals surface area contributed by atoms with Gasteiger partial charge >= 0.3 is 0 Å². The summed E-state index contributed by atoms with van der Waals surface area (Å²) in [6.45, 7) is 2.64. The number of hydrogen-bond donors (Lipinski definition) is 1. The number of nitrogens with zero attached hydrogens (tertiary/aromatic N) is 2. The van der Waals surface area contributed by atoms with Gasteiger partial charge < -0.3 is 10.2 Å². The Hall–Kier alpha value is -2.11. The molecular formula is C13H17N3O3. The molecule has 0 spiro atoms. The largest absolute Gasteiger partial charge is 0.388 e. The van der Waals surface area contributed by atoms with Crippen molar-refractivity contribution in [2.24, 2.45) is 0 Å². The molecule has 1 aliphatic rings. The molecule has 1 N–H and O–H groups in total. The molecule has 1 fully saturated rings. The van der Waals surface area contributed by atoms with Gasteiger partial charge in [0.25, 0.3) is 11.6 Å². The van der Waals surface area contributed by atoms with Crippen LogP contribution in [0.4, 0.5) is 11.4 Å². The van der Waals surface area contributed by atoms with Gasteiger partial charge in [0.05, 0.1) is 4.92 Å². The second kappa shape index (κ2) is 5.26. The van der Waals surface area contributed by atoms with Crippen molar-refractivity contribution in [2.45, 2.75) is 25.8 Å². The fourth-order valence-corrected chi connectivity index (χ4v) is 2.41. The molecule has 6 nitrogen and oxygen atoms in total. The van der Waals surface area contributed by atoms with Crippen molar-refractivity contribution in [1.82, 2.24) is 4.90 Å². The molecule has 1 aromatic carbocycles. The third kappa shape index (κ3) is 2.52. The van der Waals surface area contributed by atoms with E-state index in [0.29, 0.717) is 12.2 Å². The van der Waals surface area contributed by atoms with Gasteiger partial charge in [-0.15, -0.1) is 0 Å². The standard InChI is InChI=1S/C13H17N3O3/c1-9-4-3-7-15(9)13(17)11-8-10(14-2)5-6-12(11)16(18)19/h5-6,8-9,14H,3-4,7H2,1-2H3. The Morgan fingerprint density at radius 3 is 2.79 bits per heavy atom. The summed E-state index contributed by atoms with van der Waals surface area (Å²) in [5, 5.41) is 13.9. The van der Waals surface area contributed by atoms with Crippen molar-refractivity contribution in [2.75, 3.05) is 18.9 Å². The highest BCUT2D eigenvalue weighted by molar-refractivity contribution is 5.99. The molecule has 0 radical (unpaired) electrons. The van der Waals surface area contributed by atoms with Crippen LogP contribution in [-0.2, 0) is 0 Å². The lowest BCUT2D eigenvalue weighted by Gasteiger charge is -2.21. The SMILES string of the molecule is CNc1ccc([N+](=O)[O-])c(C(=O)N2CCCC2C)c1. The van der Waals surface area contributed by atoms with Crippen LogP contribution in [0.2, 0.25) is 0 Å². The van der Waals surface area contributed by atoms with Gasteiger partial charge in [0.2, 0.25) is 0 Å². The maximum atomic E-state index is 12.4. The van der Waals surface area contributed by atoms with Gasteiger partial charge in [0, 0.05) is 31.4 Å². The van der Waals surface area contributed by atoms with Crippen molar-refractivity contribution >= 4 is 17.3 Å². The highest BCUT2D eigenvalue weighted by atomic mass is 16.6. The zero-order chi connectivity index (χ0) is 14.0. The fraction of sp³-hybridized carbons (Fsp3) is 0.462. The summed E-state index contributed by atoms with van der Waals surface area (Å²) in [7, 11) is 1.72. The van der Waals surface area contributed by atoms with Crippen LogP contribution in [0.3, 0.4) is 0 Å². The molecule has 0 saturated carbocycles. The van der Waals surface area contributed by atoms with Gasteiger partial charge in [-0.1, -0.05) is 0 Å². The summed E-state index contributed by atoms with van der Waals surface area (Å²) >= 11 is 0. The second-order valence-corrected chi connectivity index (χ2v) is 4.73. The fourth-order valence-electron chi connectivity index (χ4n) is 2.41. The van der Waals surface area contributed by atoms with Gasteiger partial charge in [-0.05, 0) is 31.9 Å². The molecule has 0 aromatic heterocycles. The number of nitro groups is 1. The van der Waals surface area contributed by atoms with Crippen molar-refractivity contribution in [3.05, 3.63) is 33.9 Å². The predicted molar refractivity (Wildman–Crippen MR) is 72.4 cm³/mol. The van der Waals surface area contributed by atoms with E-state index >= 15 is 0 Å². The number of rotatable bonds is 3. The number of hydrogen-bond acceptors (Lipinski definition) is 4. The maximum Gasteiger partial charge on any atom is 0.282 e. The maximum absolute atomic E-state index is 12.4. The van der Waals surface area contributed by atoms with E-state index in [0.717, 1.165) is 12.8 Å². The van der Waals surface area contributed by atoms with Crippen LogP contribution in [0.25, 0.3) is 0 Å². The molecule has 1 heterocycles. The summed E-state index contributed by atoms with van der Waals surface area (Å²) in [5.74, 6) is -0.256. The minimum Gasteiger partial charge on any atom is -0.388 e. The molecule has 1 unspecified atom stereocenters.